The monoisotopic (exact) mass is 490 g/mol. The number of nitrogens with zero attached hydrogens (tertiary/aromatic N) is 1. The molecule has 0 radical (unpaired) electrons. The van der Waals surface area contributed by atoms with E-state index in [0.717, 1.165) is 22.8 Å². The van der Waals surface area contributed by atoms with Crippen molar-refractivity contribution in [2.75, 3.05) is 6.26 Å². The summed E-state index contributed by atoms with van der Waals surface area (Å²) in [4.78, 5) is 32.6. The molecule has 8 nitrogen and oxygen atoms in total. The molecule has 0 aliphatic carbocycles. The van der Waals surface area contributed by atoms with Gasteiger partial charge in [0.15, 0.2) is 5.78 Å². The van der Waals surface area contributed by atoms with E-state index in [0.29, 0.717) is 23.5 Å². The van der Waals surface area contributed by atoms with Gasteiger partial charge in [0.2, 0.25) is 15.9 Å². The van der Waals surface area contributed by atoms with E-state index >= 15 is 0 Å². The number of hydrogen-bond acceptors (Lipinski definition) is 5. The molecule has 0 unspecified atom stereocenters. The number of aryl methyl sites for hydroxylation is 2. The smallest absolute Gasteiger partial charge is 0.238 e. The zero-order valence-corrected chi connectivity index (χ0v) is 20.0. The Hall–Kier alpha value is -2.75. The molecule has 10 heteroatoms. The number of nitrogens with one attached hydrogen (secondary N) is 3. The van der Waals surface area contributed by atoms with Crippen LogP contribution in [0.2, 0.25) is 5.02 Å². The average Bonchev–Trinajstić information content (AvgIpc) is 3.15. The number of aromatic nitrogens is 2. The van der Waals surface area contributed by atoms with Gasteiger partial charge in [-0.2, -0.15) is 0 Å². The Balaban J connectivity index is 1.57. The lowest BCUT2D eigenvalue weighted by molar-refractivity contribution is -0.128. The standard InChI is InChI=1S/C23H27ClN4O4S/c1-15(21(29)11-9-17-12-18-19(24)14-26-22(18)25-13-17)27-23(30)20(28-33(2,31)32)10-8-16-6-4-3-5-7-16/h3-7,12-15,20,28H,8-11H2,1-2H3,(H,25,26)(H,27,30)/t15-,20+/m0/s1. The van der Waals surface area contributed by atoms with Crippen molar-refractivity contribution in [1.29, 1.82) is 0 Å². The van der Waals surface area contributed by atoms with Crippen LogP contribution < -0.4 is 10.0 Å². The van der Waals surface area contributed by atoms with Gasteiger partial charge in [-0.05, 0) is 43.4 Å². The molecule has 0 saturated heterocycles. The van der Waals surface area contributed by atoms with E-state index in [4.69, 9.17) is 11.6 Å². The number of aromatic amines is 1. The molecule has 0 aliphatic rings. The third-order valence-electron chi connectivity index (χ3n) is 5.28. The summed E-state index contributed by atoms with van der Waals surface area (Å²) in [6.45, 7) is 1.60. The number of Topliss-reactive ketones (excluding diaryl/α,β-unsaturated/α-hetero) is 1. The van der Waals surface area contributed by atoms with Crippen LogP contribution in [0.4, 0.5) is 0 Å². The molecule has 176 valence electrons. The van der Waals surface area contributed by atoms with Crippen molar-refractivity contribution in [3.8, 4) is 0 Å². The van der Waals surface area contributed by atoms with Gasteiger partial charge in [-0.3, -0.25) is 9.59 Å². The summed E-state index contributed by atoms with van der Waals surface area (Å²) in [5.74, 6) is -0.691. The number of H-pyrrole nitrogens is 1. The number of sulfonamides is 1. The topological polar surface area (TPSA) is 121 Å². The third-order valence-corrected chi connectivity index (χ3v) is 6.30. The predicted molar refractivity (Wildman–Crippen MR) is 129 cm³/mol. The van der Waals surface area contributed by atoms with E-state index in [2.05, 4.69) is 20.0 Å². The van der Waals surface area contributed by atoms with Gasteiger partial charge in [-0.15, -0.1) is 0 Å². The molecule has 0 fully saturated rings. The minimum atomic E-state index is -3.61. The van der Waals surface area contributed by atoms with Gasteiger partial charge < -0.3 is 10.3 Å². The Morgan fingerprint density at radius 1 is 1.15 bits per heavy atom. The van der Waals surface area contributed by atoms with Crippen molar-refractivity contribution < 1.29 is 18.0 Å². The number of amides is 1. The second-order valence-electron chi connectivity index (χ2n) is 8.04. The molecule has 0 spiro atoms. The maximum atomic E-state index is 12.8. The highest BCUT2D eigenvalue weighted by molar-refractivity contribution is 7.88. The number of halogens is 1. The van der Waals surface area contributed by atoms with Crippen molar-refractivity contribution in [1.82, 2.24) is 20.0 Å². The van der Waals surface area contributed by atoms with E-state index in [9.17, 15) is 18.0 Å². The number of ketones is 1. The lowest BCUT2D eigenvalue weighted by Crippen LogP contribution is -2.50. The fourth-order valence-corrected chi connectivity index (χ4v) is 4.43. The first-order valence-corrected chi connectivity index (χ1v) is 12.8. The Morgan fingerprint density at radius 3 is 2.58 bits per heavy atom. The maximum absolute atomic E-state index is 12.8. The molecule has 0 bridgehead atoms. The van der Waals surface area contributed by atoms with Crippen molar-refractivity contribution in [3.05, 3.63) is 64.9 Å². The zero-order valence-electron chi connectivity index (χ0n) is 18.5. The Labute approximate surface area is 198 Å². The first-order chi connectivity index (χ1) is 15.6. The average molecular weight is 491 g/mol. The second-order valence-corrected chi connectivity index (χ2v) is 10.2. The van der Waals surface area contributed by atoms with Crippen molar-refractivity contribution >= 4 is 44.3 Å². The van der Waals surface area contributed by atoms with Crippen LogP contribution in [0.15, 0.2) is 48.8 Å². The Kier molecular flexibility index (Phi) is 8.23. The van der Waals surface area contributed by atoms with Gasteiger partial charge in [0.25, 0.3) is 0 Å². The summed E-state index contributed by atoms with van der Waals surface area (Å²) in [5.41, 5.74) is 2.52. The highest BCUT2D eigenvalue weighted by Gasteiger charge is 2.25. The van der Waals surface area contributed by atoms with Gasteiger partial charge in [-0.25, -0.2) is 18.1 Å². The zero-order chi connectivity index (χ0) is 24.0. The number of benzene rings is 1. The maximum Gasteiger partial charge on any atom is 0.238 e. The fourth-order valence-electron chi connectivity index (χ4n) is 3.49. The van der Waals surface area contributed by atoms with Gasteiger partial charge >= 0.3 is 0 Å². The molecule has 3 aromatic rings. The van der Waals surface area contributed by atoms with Crippen LogP contribution in [0.3, 0.4) is 0 Å². The highest BCUT2D eigenvalue weighted by Crippen LogP contribution is 2.22. The van der Waals surface area contributed by atoms with E-state index < -0.39 is 28.0 Å². The van der Waals surface area contributed by atoms with Gasteiger partial charge in [0.1, 0.15) is 11.7 Å². The third kappa shape index (κ3) is 7.38. The molecule has 0 saturated carbocycles. The van der Waals surface area contributed by atoms with Crippen LogP contribution in [0.1, 0.15) is 30.9 Å². The molecule has 0 aliphatic heterocycles. The quantitative estimate of drug-likeness (QED) is 0.381. The molecule has 33 heavy (non-hydrogen) atoms. The Bertz CT molecular complexity index is 1230. The second kappa shape index (κ2) is 10.9. The first kappa shape index (κ1) is 24.9. The molecule has 3 N–H and O–H groups in total. The van der Waals surface area contributed by atoms with Crippen LogP contribution in [-0.2, 0) is 32.5 Å². The molecular formula is C23H27ClN4O4S. The van der Waals surface area contributed by atoms with Gasteiger partial charge in [0.05, 0.1) is 17.3 Å². The lowest BCUT2D eigenvalue weighted by atomic mass is 10.0. The largest absolute Gasteiger partial charge is 0.345 e. The van der Waals surface area contributed by atoms with Crippen LogP contribution in [0, 0.1) is 0 Å². The van der Waals surface area contributed by atoms with Gasteiger partial charge in [0, 0.05) is 24.2 Å². The van der Waals surface area contributed by atoms with Crippen LogP contribution in [0.5, 0.6) is 0 Å². The number of rotatable bonds is 11. The normalized spacial score (nSPS) is 13.5. The van der Waals surface area contributed by atoms with E-state index in [1.54, 1.807) is 19.3 Å². The SMILES string of the molecule is C[C@H](NC(=O)[C@@H](CCc1ccccc1)NS(C)(=O)=O)C(=O)CCc1cnc2[nH]cc(Cl)c2c1. The molecule has 3 rings (SSSR count). The molecule has 2 heterocycles. The summed E-state index contributed by atoms with van der Waals surface area (Å²) >= 11 is 6.12. The summed E-state index contributed by atoms with van der Waals surface area (Å²) in [6.07, 6.45) is 5.78. The summed E-state index contributed by atoms with van der Waals surface area (Å²) in [6, 6.07) is 9.62. The van der Waals surface area contributed by atoms with E-state index in [1.165, 1.54) is 0 Å². The fraction of sp³-hybridized carbons (Fsp3) is 0.348. The summed E-state index contributed by atoms with van der Waals surface area (Å²) in [7, 11) is -3.61. The number of carbonyl (C=O) groups excluding carboxylic acids is 2. The minimum Gasteiger partial charge on any atom is -0.345 e. The van der Waals surface area contributed by atoms with Crippen molar-refractivity contribution in [2.24, 2.45) is 0 Å². The molecule has 1 amide bonds. The minimum absolute atomic E-state index is 0.162. The predicted octanol–water partition coefficient (Wildman–Crippen LogP) is 2.77. The van der Waals surface area contributed by atoms with E-state index in [1.807, 2.05) is 36.4 Å². The molecule has 2 atom stereocenters. The summed E-state index contributed by atoms with van der Waals surface area (Å²) in [5, 5.41) is 4.00. The van der Waals surface area contributed by atoms with Crippen molar-refractivity contribution in [2.45, 2.75) is 44.7 Å². The van der Waals surface area contributed by atoms with E-state index in [-0.39, 0.29) is 18.6 Å². The molecule has 2 aromatic heterocycles. The lowest BCUT2D eigenvalue weighted by Gasteiger charge is -2.20. The number of hydrogen-bond donors (Lipinski definition) is 3. The number of carbonyl (C=O) groups is 2. The van der Waals surface area contributed by atoms with Crippen molar-refractivity contribution in [3.63, 3.8) is 0 Å². The molecular weight excluding hydrogens is 464 g/mol. The van der Waals surface area contributed by atoms with Crippen LogP contribution >= 0.6 is 11.6 Å². The number of pyridine rings is 1. The van der Waals surface area contributed by atoms with Crippen LogP contribution in [0.25, 0.3) is 11.0 Å². The first-order valence-electron chi connectivity index (χ1n) is 10.6. The van der Waals surface area contributed by atoms with Crippen LogP contribution in [-0.4, -0.2) is 48.4 Å². The highest BCUT2D eigenvalue weighted by atomic mass is 35.5. The summed E-state index contributed by atoms with van der Waals surface area (Å²) < 4.78 is 25.9. The molecule has 1 aromatic carbocycles. The van der Waals surface area contributed by atoms with Gasteiger partial charge in [-0.1, -0.05) is 41.9 Å². The Morgan fingerprint density at radius 2 is 1.88 bits per heavy atom. The number of fused-ring (bicyclic) bond motifs is 1.